The number of piperidine rings is 1. The van der Waals surface area contributed by atoms with Gasteiger partial charge in [0.25, 0.3) is 0 Å². The van der Waals surface area contributed by atoms with E-state index in [0.717, 1.165) is 64.2 Å². The van der Waals surface area contributed by atoms with Crippen LogP contribution in [-0.4, -0.2) is 66.4 Å². The van der Waals surface area contributed by atoms with E-state index in [0.29, 0.717) is 12.5 Å². The first kappa shape index (κ1) is 21.7. The van der Waals surface area contributed by atoms with Crippen LogP contribution in [0.1, 0.15) is 24.0 Å². The van der Waals surface area contributed by atoms with Crippen LogP contribution in [0.3, 0.4) is 0 Å². The van der Waals surface area contributed by atoms with Gasteiger partial charge >= 0.3 is 0 Å². The van der Waals surface area contributed by atoms with E-state index >= 15 is 0 Å². The summed E-state index contributed by atoms with van der Waals surface area (Å²) in [6.07, 6.45) is 6.10. The molecule has 0 unspecified atom stereocenters. The van der Waals surface area contributed by atoms with Crippen molar-refractivity contribution in [3.63, 3.8) is 0 Å². The Kier molecular flexibility index (Phi) is 7.49. The topological polar surface area (TPSA) is 26.8 Å². The molecule has 0 aliphatic carbocycles. The number of likely N-dealkylation sites (tertiary alicyclic amines) is 1. The zero-order valence-electron chi connectivity index (χ0n) is 18.1. The highest BCUT2D eigenvalue weighted by atomic mass is 19.1. The van der Waals surface area contributed by atoms with E-state index in [1.807, 2.05) is 18.2 Å². The van der Waals surface area contributed by atoms with E-state index in [9.17, 15) is 9.18 Å². The summed E-state index contributed by atoms with van der Waals surface area (Å²) in [7, 11) is 0. The van der Waals surface area contributed by atoms with Gasteiger partial charge in [-0.1, -0.05) is 60.7 Å². The molecule has 2 aromatic carbocycles. The molecule has 5 heteroatoms. The Morgan fingerprint density at radius 2 is 1.55 bits per heavy atom. The molecule has 0 N–H and O–H groups in total. The van der Waals surface area contributed by atoms with Gasteiger partial charge in [0.1, 0.15) is 5.82 Å². The van der Waals surface area contributed by atoms with Gasteiger partial charge in [-0.2, -0.15) is 0 Å². The molecule has 0 atom stereocenters. The average molecular weight is 422 g/mol. The smallest absolute Gasteiger partial charge is 0.225 e. The molecular formula is C26H32FN3O. The summed E-state index contributed by atoms with van der Waals surface area (Å²) in [5, 5.41) is 0. The fourth-order valence-corrected chi connectivity index (χ4v) is 4.52. The van der Waals surface area contributed by atoms with E-state index in [1.54, 1.807) is 6.07 Å². The number of hydrogen-bond donors (Lipinski definition) is 0. The third kappa shape index (κ3) is 6.02. The second kappa shape index (κ2) is 10.7. The number of halogens is 1. The van der Waals surface area contributed by atoms with Gasteiger partial charge in [0.05, 0.1) is 0 Å². The molecule has 0 bridgehead atoms. The number of benzene rings is 2. The van der Waals surface area contributed by atoms with E-state index in [4.69, 9.17) is 0 Å². The van der Waals surface area contributed by atoms with Crippen molar-refractivity contribution in [1.82, 2.24) is 14.7 Å². The van der Waals surface area contributed by atoms with E-state index < -0.39 is 0 Å². The molecule has 0 radical (unpaired) electrons. The standard InChI is InChI=1S/C26H32FN3O/c27-25-11-5-4-10-24(25)21-29-15-12-23(13-16-29)26(31)30-19-17-28(18-20-30)14-6-9-22-7-2-1-3-8-22/h1-11,23H,12-21H2/b9-6+. The van der Waals surface area contributed by atoms with E-state index in [-0.39, 0.29) is 11.7 Å². The van der Waals surface area contributed by atoms with Crippen molar-refractivity contribution < 1.29 is 9.18 Å². The van der Waals surface area contributed by atoms with Gasteiger partial charge in [-0.05, 0) is 37.6 Å². The second-order valence-electron chi connectivity index (χ2n) is 8.58. The van der Waals surface area contributed by atoms with Gasteiger partial charge < -0.3 is 4.90 Å². The molecule has 0 spiro atoms. The number of nitrogens with zero attached hydrogens (tertiary/aromatic N) is 3. The minimum absolute atomic E-state index is 0.112. The molecule has 31 heavy (non-hydrogen) atoms. The second-order valence-corrected chi connectivity index (χ2v) is 8.58. The lowest BCUT2D eigenvalue weighted by atomic mass is 9.94. The number of carbonyl (C=O) groups excluding carboxylic acids is 1. The first-order valence-electron chi connectivity index (χ1n) is 11.4. The minimum atomic E-state index is -0.141. The molecule has 2 aliphatic heterocycles. The molecule has 1 amide bonds. The molecule has 2 heterocycles. The number of hydrogen-bond acceptors (Lipinski definition) is 3. The van der Waals surface area contributed by atoms with Crippen molar-refractivity contribution in [2.75, 3.05) is 45.8 Å². The monoisotopic (exact) mass is 421 g/mol. The molecule has 0 saturated carbocycles. The van der Waals surface area contributed by atoms with Crippen molar-refractivity contribution >= 4 is 12.0 Å². The first-order valence-corrected chi connectivity index (χ1v) is 11.4. The van der Waals surface area contributed by atoms with Crippen molar-refractivity contribution in [1.29, 1.82) is 0 Å². The maximum Gasteiger partial charge on any atom is 0.225 e. The van der Waals surface area contributed by atoms with Crippen LogP contribution in [0, 0.1) is 11.7 Å². The fourth-order valence-electron chi connectivity index (χ4n) is 4.52. The summed E-state index contributed by atoms with van der Waals surface area (Å²) in [5.74, 6) is 0.281. The Balaban J connectivity index is 1.18. The number of piperazine rings is 1. The first-order chi connectivity index (χ1) is 15.2. The molecule has 4 nitrogen and oxygen atoms in total. The largest absolute Gasteiger partial charge is 0.340 e. The molecule has 2 fully saturated rings. The Labute approximate surface area is 185 Å². The lowest BCUT2D eigenvalue weighted by Gasteiger charge is -2.38. The molecule has 0 aromatic heterocycles. The number of amides is 1. The summed E-state index contributed by atoms with van der Waals surface area (Å²) < 4.78 is 13.9. The van der Waals surface area contributed by atoms with E-state index in [2.05, 4.69) is 51.1 Å². The van der Waals surface area contributed by atoms with Crippen LogP contribution in [0.15, 0.2) is 60.7 Å². The number of carbonyl (C=O) groups is 1. The van der Waals surface area contributed by atoms with Crippen LogP contribution < -0.4 is 0 Å². The third-order valence-electron chi connectivity index (χ3n) is 6.45. The van der Waals surface area contributed by atoms with Crippen LogP contribution in [0.4, 0.5) is 4.39 Å². The third-order valence-corrected chi connectivity index (χ3v) is 6.45. The van der Waals surface area contributed by atoms with E-state index in [1.165, 1.54) is 11.6 Å². The van der Waals surface area contributed by atoms with Crippen LogP contribution in [0.5, 0.6) is 0 Å². The summed E-state index contributed by atoms with van der Waals surface area (Å²) >= 11 is 0. The van der Waals surface area contributed by atoms with Crippen LogP contribution >= 0.6 is 0 Å². The van der Waals surface area contributed by atoms with Crippen molar-refractivity contribution in [2.24, 2.45) is 5.92 Å². The summed E-state index contributed by atoms with van der Waals surface area (Å²) in [6.45, 7) is 6.74. The highest BCUT2D eigenvalue weighted by Crippen LogP contribution is 2.22. The Bertz CT molecular complexity index is 869. The van der Waals surface area contributed by atoms with Gasteiger partial charge in [-0.3, -0.25) is 14.6 Å². The number of rotatable bonds is 6. The highest BCUT2D eigenvalue weighted by Gasteiger charge is 2.30. The SMILES string of the molecule is O=C(C1CCN(Cc2ccccc2F)CC1)N1CCN(C/C=C/c2ccccc2)CC1. The zero-order chi connectivity index (χ0) is 21.5. The van der Waals surface area contributed by atoms with Gasteiger partial charge in [0.2, 0.25) is 5.91 Å². The summed E-state index contributed by atoms with van der Waals surface area (Å²) in [4.78, 5) is 19.7. The lowest BCUT2D eigenvalue weighted by molar-refractivity contribution is -0.138. The van der Waals surface area contributed by atoms with Crippen molar-refractivity contribution in [3.05, 3.63) is 77.6 Å². The zero-order valence-corrected chi connectivity index (χ0v) is 18.1. The minimum Gasteiger partial charge on any atom is -0.340 e. The lowest BCUT2D eigenvalue weighted by Crippen LogP contribution is -2.51. The molecule has 2 saturated heterocycles. The summed E-state index contributed by atoms with van der Waals surface area (Å²) in [5.41, 5.74) is 1.96. The van der Waals surface area contributed by atoms with Crippen molar-refractivity contribution in [3.8, 4) is 0 Å². The van der Waals surface area contributed by atoms with Crippen LogP contribution in [0.2, 0.25) is 0 Å². The molecule has 164 valence electrons. The quantitative estimate of drug-likeness (QED) is 0.708. The average Bonchev–Trinajstić information content (AvgIpc) is 2.82. The normalized spacial score (nSPS) is 19.2. The predicted octanol–water partition coefficient (Wildman–Crippen LogP) is 3.90. The Morgan fingerprint density at radius 3 is 2.26 bits per heavy atom. The fraction of sp³-hybridized carbons (Fsp3) is 0.423. The van der Waals surface area contributed by atoms with Crippen molar-refractivity contribution in [2.45, 2.75) is 19.4 Å². The maximum absolute atomic E-state index is 13.9. The van der Waals surface area contributed by atoms with Gasteiger partial charge in [0.15, 0.2) is 0 Å². The van der Waals surface area contributed by atoms with Gasteiger partial charge in [0, 0.05) is 50.7 Å². The maximum atomic E-state index is 13.9. The Morgan fingerprint density at radius 1 is 0.871 bits per heavy atom. The molecule has 2 aromatic rings. The Hall–Kier alpha value is -2.50. The highest BCUT2D eigenvalue weighted by molar-refractivity contribution is 5.79. The van der Waals surface area contributed by atoms with Gasteiger partial charge in [-0.15, -0.1) is 0 Å². The predicted molar refractivity (Wildman–Crippen MR) is 123 cm³/mol. The molecular weight excluding hydrogens is 389 g/mol. The molecule has 4 rings (SSSR count). The molecule has 2 aliphatic rings. The summed E-state index contributed by atoms with van der Waals surface area (Å²) in [6, 6.07) is 17.3. The van der Waals surface area contributed by atoms with Gasteiger partial charge in [-0.25, -0.2) is 4.39 Å². The van der Waals surface area contributed by atoms with Crippen LogP contribution in [-0.2, 0) is 11.3 Å². The van der Waals surface area contributed by atoms with Crippen LogP contribution in [0.25, 0.3) is 6.08 Å².